The Morgan fingerprint density at radius 1 is 1.45 bits per heavy atom. The molecule has 22 heavy (non-hydrogen) atoms. The van der Waals surface area contributed by atoms with Gasteiger partial charge >= 0.3 is 0 Å². The van der Waals surface area contributed by atoms with Crippen molar-refractivity contribution in [3.63, 3.8) is 0 Å². The van der Waals surface area contributed by atoms with Gasteiger partial charge in [-0.15, -0.1) is 23.1 Å². The Labute approximate surface area is 136 Å². The molecule has 1 aromatic carbocycles. The largest absolute Gasteiger partial charge is 0.338 e. The van der Waals surface area contributed by atoms with Crippen LogP contribution in [0, 0.1) is 6.92 Å². The normalized spacial score (nSPS) is 12.5. The van der Waals surface area contributed by atoms with E-state index in [-0.39, 0.29) is 11.2 Å². The second kappa shape index (κ2) is 6.50. The molecule has 0 saturated heterocycles. The molecule has 5 nitrogen and oxygen atoms in total. The Morgan fingerprint density at radius 3 is 3.00 bits per heavy atom. The Kier molecular flexibility index (Phi) is 4.44. The fourth-order valence-corrected chi connectivity index (χ4v) is 3.77. The summed E-state index contributed by atoms with van der Waals surface area (Å²) >= 11 is 3.22. The summed E-state index contributed by atoms with van der Waals surface area (Å²) in [5.41, 5.74) is 1.75. The van der Waals surface area contributed by atoms with Gasteiger partial charge < -0.3 is 4.52 Å². The quantitative estimate of drug-likeness (QED) is 0.768. The number of hydrogen-bond acceptors (Lipinski definition) is 6. The van der Waals surface area contributed by atoms with E-state index in [0.717, 1.165) is 16.2 Å². The van der Waals surface area contributed by atoms with Crippen LogP contribution in [-0.4, -0.2) is 21.3 Å². The van der Waals surface area contributed by atoms with Crippen molar-refractivity contribution in [2.75, 3.05) is 5.32 Å². The highest BCUT2D eigenvalue weighted by atomic mass is 32.2. The number of thioether (sulfide) groups is 1. The van der Waals surface area contributed by atoms with Gasteiger partial charge in [0.15, 0.2) is 0 Å². The van der Waals surface area contributed by atoms with E-state index < -0.39 is 0 Å². The average molecular weight is 333 g/mol. The molecule has 0 spiro atoms. The van der Waals surface area contributed by atoms with E-state index in [1.807, 2.05) is 32.0 Å². The van der Waals surface area contributed by atoms with E-state index in [4.69, 9.17) is 4.52 Å². The lowest BCUT2D eigenvalue weighted by Gasteiger charge is -2.08. The van der Waals surface area contributed by atoms with Crippen LogP contribution in [0.25, 0.3) is 10.2 Å². The molecule has 1 amide bonds. The van der Waals surface area contributed by atoms with E-state index in [1.54, 1.807) is 29.2 Å². The number of amides is 1. The third-order valence-electron chi connectivity index (χ3n) is 3.04. The summed E-state index contributed by atoms with van der Waals surface area (Å²) in [5, 5.41) is 7.29. The molecule has 3 aromatic rings. The number of hydrogen-bond donors (Lipinski definition) is 1. The highest BCUT2D eigenvalue weighted by molar-refractivity contribution is 7.99. The zero-order valence-corrected chi connectivity index (χ0v) is 13.8. The molecule has 7 heteroatoms. The highest BCUT2D eigenvalue weighted by Gasteiger charge is 2.16. The molecule has 0 unspecified atom stereocenters. The number of rotatable bonds is 5. The maximum atomic E-state index is 12.1. The lowest BCUT2D eigenvalue weighted by molar-refractivity contribution is -0.115. The summed E-state index contributed by atoms with van der Waals surface area (Å²) in [6, 6.07) is 9.75. The van der Waals surface area contributed by atoms with Crippen LogP contribution in [0.3, 0.4) is 0 Å². The van der Waals surface area contributed by atoms with Crippen LogP contribution in [0.15, 0.2) is 34.9 Å². The minimum absolute atomic E-state index is 0.0951. The number of aryl methyl sites for hydroxylation is 1. The lowest BCUT2D eigenvalue weighted by atomic mass is 10.3. The van der Waals surface area contributed by atoms with Crippen molar-refractivity contribution >= 4 is 45.1 Å². The van der Waals surface area contributed by atoms with Crippen molar-refractivity contribution in [3.05, 3.63) is 41.0 Å². The SMILES string of the molecule is Cc1cc(NC(=O)[C@@H](C)SCc2nc3ccccc3s2)on1. The molecule has 0 fully saturated rings. The maximum Gasteiger partial charge on any atom is 0.239 e. The minimum Gasteiger partial charge on any atom is -0.338 e. The number of nitrogens with one attached hydrogen (secondary N) is 1. The van der Waals surface area contributed by atoms with Gasteiger partial charge in [-0.05, 0) is 26.0 Å². The number of anilines is 1. The molecule has 0 aliphatic carbocycles. The van der Waals surface area contributed by atoms with E-state index in [1.165, 1.54) is 4.70 Å². The molecular weight excluding hydrogens is 318 g/mol. The Morgan fingerprint density at radius 2 is 2.27 bits per heavy atom. The molecule has 0 radical (unpaired) electrons. The molecule has 2 aromatic heterocycles. The van der Waals surface area contributed by atoms with Gasteiger partial charge in [0.05, 0.1) is 21.2 Å². The average Bonchev–Trinajstić information content (AvgIpc) is 3.10. The van der Waals surface area contributed by atoms with E-state index in [2.05, 4.69) is 21.5 Å². The van der Waals surface area contributed by atoms with Gasteiger partial charge in [-0.2, -0.15) is 0 Å². The summed E-state index contributed by atoms with van der Waals surface area (Å²) in [5.74, 6) is 1.00. The Hall–Kier alpha value is -1.86. The minimum atomic E-state index is -0.197. The van der Waals surface area contributed by atoms with Crippen LogP contribution in [0.5, 0.6) is 0 Å². The second-order valence-corrected chi connectivity index (χ2v) is 7.29. The highest BCUT2D eigenvalue weighted by Crippen LogP contribution is 2.26. The van der Waals surface area contributed by atoms with Crippen LogP contribution in [0.2, 0.25) is 0 Å². The number of nitrogens with zero attached hydrogens (tertiary/aromatic N) is 2. The van der Waals surface area contributed by atoms with E-state index in [0.29, 0.717) is 11.6 Å². The van der Waals surface area contributed by atoms with Crippen LogP contribution in [0.4, 0.5) is 5.88 Å². The van der Waals surface area contributed by atoms with Gasteiger partial charge in [-0.1, -0.05) is 17.3 Å². The van der Waals surface area contributed by atoms with Gasteiger partial charge in [0, 0.05) is 11.8 Å². The molecule has 114 valence electrons. The molecule has 1 atom stereocenters. The third-order valence-corrected chi connectivity index (χ3v) is 5.41. The fourth-order valence-electron chi connectivity index (χ4n) is 1.90. The first-order valence-electron chi connectivity index (χ1n) is 6.82. The summed E-state index contributed by atoms with van der Waals surface area (Å²) in [7, 11) is 0. The van der Waals surface area contributed by atoms with Gasteiger partial charge in [0.1, 0.15) is 5.01 Å². The monoisotopic (exact) mass is 333 g/mol. The molecule has 0 saturated carbocycles. The molecule has 2 heterocycles. The van der Waals surface area contributed by atoms with Crippen LogP contribution in [0.1, 0.15) is 17.6 Å². The summed E-state index contributed by atoms with van der Waals surface area (Å²) in [4.78, 5) is 16.6. The molecule has 0 aliphatic rings. The number of carbonyl (C=O) groups is 1. The van der Waals surface area contributed by atoms with E-state index >= 15 is 0 Å². The summed E-state index contributed by atoms with van der Waals surface area (Å²) in [6.07, 6.45) is 0. The predicted molar refractivity (Wildman–Crippen MR) is 90.2 cm³/mol. The van der Waals surface area contributed by atoms with Gasteiger partial charge in [0.2, 0.25) is 11.8 Å². The first-order valence-corrected chi connectivity index (χ1v) is 8.68. The number of fused-ring (bicyclic) bond motifs is 1. The Balaban J connectivity index is 1.57. The standard InChI is InChI=1S/C15H15N3O2S2/c1-9-7-13(20-18-9)17-15(19)10(2)21-8-14-16-11-5-3-4-6-12(11)22-14/h3-7,10H,8H2,1-2H3,(H,17,19)/t10-/m1/s1. The molecule has 1 N–H and O–H groups in total. The number of thiazole rings is 1. The van der Waals surface area contributed by atoms with Crippen molar-refractivity contribution in [1.82, 2.24) is 10.1 Å². The third kappa shape index (κ3) is 3.48. The first kappa shape index (κ1) is 15.1. The van der Waals surface area contributed by atoms with Crippen LogP contribution >= 0.6 is 23.1 Å². The van der Waals surface area contributed by atoms with Crippen molar-refractivity contribution in [2.45, 2.75) is 24.9 Å². The Bertz CT molecular complexity index is 764. The lowest BCUT2D eigenvalue weighted by Crippen LogP contribution is -2.22. The van der Waals surface area contributed by atoms with E-state index in [9.17, 15) is 4.79 Å². The fraction of sp³-hybridized carbons (Fsp3) is 0.267. The maximum absolute atomic E-state index is 12.1. The smallest absolute Gasteiger partial charge is 0.239 e. The van der Waals surface area contributed by atoms with Crippen molar-refractivity contribution < 1.29 is 9.32 Å². The molecule has 3 rings (SSSR count). The second-order valence-electron chi connectivity index (χ2n) is 4.85. The zero-order valence-electron chi connectivity index (χ0n) is 12.2. The number of para-hydroxylation sites is 1. The van der Waals surface area contributed by atoms with Crippen molar-refractivity contribution in [1.29, 1.82) is 0 Å². The summed E-state index contributed by atoms with van der Waals surface area (Å²) in [6.45, 7) is 3.68. The van der Waals surface area contributed by atoms with Gasteiger partial charge in [-0.3, -0.25) is 10.1 Å². The zero-order chi connectivity index (χ0) is 15.5. The molecular formula is C15H15N3O2S2. The van der Waals surface area contributed by atoms with Crippen LogP contribution in [-0.2, 0) is 10.5 Å². The molecule has 0 bridgehead atoms. The number of aromatic nitrogens is 2. The van der Waals surface area contributed by atoms with Crippen molar-refractivity contribution in [2.24, 2.45) is 0 Å². The van der Waals surface area contributed by atoms with Crippen molar-refractivity contribution in [3.8, 4) is 0 Å². The molecule has 0 aliphatic heterocycles. The first-order chi connectivity index (χ1) is 10.6. The number of benzene rings is 1. The summed E-state index contributed by atoms with van der Waals surface area (Å²) < 4.78 is 6.16. The van der Waals surface area contributed by atoms with Crippen LogP contribution < -0.4 is 5.32 Å². The topological polar surface area (TPSA) is 68.0 Å². The van der Waals surface area contributed by atoms with Gasteiger partial charge in [0.25, 0.3) is 0 Å². The predicted octanol–water partition coefficient (Wildman–Crippen LogP) is 3.85. The number of carbonyl (C=O) groups excluding carboxylic acids is 1. The van der Waals surface area contributed by atoms with Gasteiger partial charge in [-0.25, -0.2) is 4.98 Å².